The van der Waals surface area contributed by atoms with Crippen LogP contribution in [0.2, 0.25) is 5.02 Å². The monoisotopic (exact) mass is 408 g/mol. The average Bonchev–Trinajstić information content (AvgIpc) is 3.18. The lowest BCUT2D eigenvalue weighted by atomic mass is 10.0. The van der Waals surface area contributed by atoms with E-state index in [1.165, 1.54) is 5.56 Å². The van der Waals surface area contributed by atoms with Crippen molar-refractivity contribution in [2.45, 2.75) is 31.9 Å². The standard InChI is InChI=1S/C23H21ClN2O3/c24-17-4-6-18(7-5-17)29-19-9-11-25(12-10-19)22(27)20-14-16-3-1-2-15-8-13-26(21(15)16)23(20)28/h1-7,14,19H,8-13H2. The zero-order chi connectivity index (χ0) is 20.0. The van der Waals surface area contributed by atoms with Crippen LogP contribution in [-0.4, -0.2) is 34.6 Å². The Bertz CT molecular complexity index is 1150. The summed E-state index contributed by atoms with van der Waals surface area (Å²) in [5.74, 6) is 0.605. The van der Waals surface area contributed by atoms with Crippen LogP contribution in [0.1, 0.15) is 28.8 Å². The van der Waals surface area contributed by atoms with E-state index < -0.39 is 0 Å². The first kappa shape index (κ1) is 18.3. The Kier molecular flexibility index (Phi) is 4.55. The molecular formula is C23H21ClN2O3. The van der Waals surface area contributed by atoms with Crippen molar-refractivity contribution in [3.63, 3.8) is 0 Å². The van der Waals surface area contributed by atoms with Crippen molar-refractivity contribution in [3.05, 3.63) is 75.0 Å². The van der Waals surface area contributed by atoms with E-state index in [0.717, 1.165) is 35.9 Å². The van der Waals surface area contributed by atoms with E-state index >= 15 is 0 Å². The predicted octanol–water partition coefficient (Wildman–Crippen LogP) is 3.89. The molecule has 5 rings (SSSR count). The van der Waals surface area contributed by atoms with Gasteiger partial charge in [0.2, 0.25) is 0 Å². The number of aryl methyl sites for hydroxylation is 2. The lowest BCUT2D eigenvalue weighted by Gasteiger charge is -2.32. The third-order valence-corrected chi connectivity index (χ3v) is 6.13. The molecule has 3 aromatic rings. The highest BCUT2D eigenvalue weighted by Gasteiger charge is 2.28. The Morgan fingerprint density at radius 1 is 1.03 bits per heavy atom. The number of hydrogen-bond acceptors (Lipinski definition) is 3. The molecule has 3 heterocycles. The van der Waals surface area contributed by atoms with Gasteiger partial charge >= 0.3 is 0 Å². The number of pyridine rings is 1. The Morgan fingerprint density at radius 2 is 1.79 bits per heavy atom. The van der Waals surface area contributed by atoms with E-state index in [1.807, 2.05) is 24.3 Å². The van der Waals surface area contributed by atoms with Gasteiger partial charge in [-0.05, 0) is 47.7 Å². The Morgan fingerprint density at radius 3 is 2.55 bits per heavy atom. The third kappa shape index (κ3) is 3.29. The maximum atomic E-state index is 13.1. The number of rotatable bonds is 3. The van der Waals surface area contributed by atoms with E-state index in [1.54, 1.807) is 27.7 Å². The number of piperidine rings is 1. The minimum Gasteiger partial charge on any atom is -0.490 e. The van der Waals surface area contributed by atoms with Crippen molar-refractivity contribution in [2.24, 2.45) is 0 Å². The van der Waals surface area contributed by atoms with Crippen LogP contribution >= 0.6 is 11.6 Å². The molecule has 5 nitrogen and oxygen atoms in total. The molecule has 2 aliphatic rings. The average molecular weight is 409 g/mol. The van der Waals surface area contributed by atoms with Crippen LogP contribution in [-0.2, 0) is 13.0 Å². The molecule has 2 aliphatic heterocycles. The van der Waals surface area contributed by atoms with Crippen molar-refractivity contribution in [3.8, 4) is 5.75 Å². The summed E-state index contributed by atoms with van der Waals surface area (Å²) < 4.78 is 7.76. The molecule has 0 atom stereocenters. The summed E-state index contributed by atoms with van der Waals surface area (Å²) in [5.41, 5.74) is 2.25. The number of ether oxygens (including phenoxy) is 1. The Balaban J connectivity index is 1.32. The smallest absolute Gasteiger partial charge is 0.263 e. The van der Waals surface area contributed by atoms with Gasteiger partial charge in [0.25, 0.3) is 11.5 Å². The Hall–Kier alpha value is -2.79. The predicted molar refractivity (Wildman–Crippen MR) is 113 cm³/mol. The molecule has 6 heteroatoms. The molecule has 1 fully saturated rings. The highest BCUT2D eigenvalue weighted by molar-refractivity contribution is 6.30. The van der Waals surface area contributed by atoms with Crippen molar-refractivity contribution in [1.82, 2.24) is 9.47 Å². The summed E-state index contributed by atoms with van der Waals surface area (Å²) in [6, 6.07) is 15.1. The van der Waals surface area contributed by atoms with Gasteiger partial charge in [0.15, 0.2) is 0 Å². The normalized spacial score (nSPS) is 16.4. The molecule has 0 saturated carbocycles. The molecular weight excluding hydrogens is 388 g/mol. The fourth-order valence-electron chi connectivity index (χ4n) is 4.37. The molecule has 0 N–H and O–H groups in total. The first-order valence-corrected chi connectivity index (χ1v) is 10.3. The topological polar surface area (TPSA) is 51.5 Å². The number of halogens is 1. The summed E-state index contributed by atoms with van der Waals surface area (Å²) in [6.07, 6.45) is 2.37. The lowest BCUT2D eigenvalue weighted by molar-refractivity contribution is 0.0593. The number of benzene rings is 2. The summed E-state index contributed by atoms with van der Waals surface area (Å²) in [7, 11) is 0. The number of carbonyl (C=O) groups is 1. The van der Waals surface area contributed by atoms with Crippen molar-refractivity contribution < 1.29 is 9.53 Å². The minimum absolute atomic E-state index is 0.0538. The van der Waals surface area contributed by atoms with Gasteiger partial charge in [0.1, 0.15) is 17.4 Å². The highest BCUT2D eigenvalue weighted by Crippen LogP contribution is 2.26. The molecule has 0 radical (unpaired) electrons. The van der Waals surface area contributed by atoms with Crippen LogP contribution in [0, 0.1) is 0 Å². The largest absolute Gasteiger partial charge is 0.490 e. The fraction of sp³-hybridized carbons (Fsp3) is 0.304. The van der Waals surface area contributed by atoms with Crippen molar-refractivity contribution >= 4 is 28.4 Å². The second-order valence-corrected chi connectivity index (χ2v) is 8.12. The molecule has 1 aromatic heterocycles. The van der Waals surface area contributed by atoms with Gasteiger partial charge in [-0.3, -0.25) is 9.59 Å². The van der Waals surface area contributed by atoms with Crippen LogP contribution in [0.25, 0.3) is 10.9 Å². The molecule has 29 heavy (non-hydrogen) atoms. The van der Waals surface area contributed by atoms with Crippen LogP contribution in [0.4, 0.5) is 0 Å². The molecule has 0 spiro atoms. The van der Waals surface area contributed by atoms with Crippen LogP contribution in [0.5, 0.6) is 5.75 Å². The Labute approximate surface area is 173 Å². The van der Waals surface area contributed by atoms with E-state index in [2.05, 4.69) is 6.07 Å². The summed E-state index contributed by atoms with van der Waals surface area (Å²) >= 11 is 5.91. The zero-order valence-corrected chi connectivity index (χ0v) is 16.7. The number of likely N-dealkylation sites (tertiary alicyclic amines) is 1. The van der Waals surface area contributed by atoms with E-state index in [0.29, 0.717) is 24.7 Å². The lowest BCUT2D eigenvalue weighted by Crippen LogP contribution is -2.43. The van der Waals surface area contributed by atoms with Gasteiger partial charge < -0.3 is 14.2 Å². The maximum absolute atomic E-state index is 13.1. The quantitative estimate of drug-likeness (QED) is 0.660. The molecule has 0 bridgehead atoms. The van der Waals surface area contributed by atoms with Gasteiger partial charge in [-0.25, -0.2) is 0 Å². The summed E-state index contributed by atoms with van der Waals surface area (Å²) in [5, 5.41) is 1.64. The summed E-state index contributed by atoms with van der Waals surface area (Å²) in [6.45, 7) is 1.80. The van der Waals surface area contributed by atoms with E-state index in [9.17, 15) is 9.59 Å². The number of hydrogen-bond donors (Lipinski definition) is 0. The third-order valence-electron chi connectivity index (χ3n) is 5.88. The molecule has 0 unspecified atom stereocenters. The van der Waals surface area contributed by atoms with Crippen LogP contribution in [0.3, 0.4) is 0 Å². The fourth-order valence-corrected chi connectivity index (χ4v) is 4.50. The SMILES string of the molecule is O=C(c1cc2cccc3c2n(c1=O)CC3)N1CCC(Oc2ccc(Cl)cc2)CC1. The van der Waals surface area contributed by atoms with Crippen LogP contribution < -0.4 is 10.3 Å². The number of amides is 1. The van der Waals surface area contributed by atoms with Gasteiger partial charge in [-0.15, -0.1) is 0 Å². The first-order valence-electron chi connectivity index (χ1n) is 9.97. The second-order valence-electron chi connectivity index (χ2n) is 7.68. The van der Waals surface area contributed by atoms with Gasteiger partial charge in [-0.1, -0.05) is 29.8 Å². The highest BCUT2D eigenvalue weighted by atomic mass is 35.5. The van der Waals surface area contributed by atoms with Crippen molar-refractivity contribution in [2.75, 3.05) is 13.1 Å². The summed E-state index contributed by atoms with van der Waals surface area (Å²) in [4.78, 5) is 27.8. The number of aromatic nitrogens is 1. The molecule has 2 aromatic carbocycles. The zero-order valence-electron chi connectivity index (χ0n) is 15.9. The van der Waals surface area contributed by atoms with Gasteiger partial charge in [0.05, 0.1) is 5.52 Å². The number of para-hydroxylation sites is 1. The van der Waals surface area contributed by atoms with E-state index in [-0.39, 0.29) is 23.1 Å². The molecule has 0 aliphatic carbocycles. The second kappa shape index (κ2) is 7.23. The van der Waals surface area contributed by atoms with E-state index in [4.69, 9.17) is 16.3 Å². The van der Waals surface area contributed by atoms with Crippen LogP contribution in [0.15, 0.2) is 53.3 Å². The minimum atomic E-state index is -0.178. The van der Waals surface area contributed by atoms with Crippen molar-refractivity contribution in [1.29, 1.82) is 0 Å². The maximum Gasteiger partial charge on any atom is 0.263 e. The molecule has 148 valence electrons. The first-order chi connectivity index (χ1) is 14.1. The number of carbonyl (C=O) groups excluding carboxylic acids is 1. The van der Waals surface area contributed by atoms with Gasteiger partial charge in [-0.2, -0.15) is 0 Å². The molecule has 1 amide bonds. The van der Waals surface area contributed by atoms with Gasteiger partial charge in [0, 0.05) is 37.5 Å². The number of nitrogens with zero attached hydrogens (tertiary/aromatic N) is 2. The molecule has 1 saturated heterocycles.